The van der Waals surface area contributed by atoms with Crippen LogP contribution in [0.15, 0.2) is 36.5 Å². The number of likely N-dealkylation sites (N-methyl/N-ethyl adjacent to an activating group) is 1. The van der Waals surface area contributed by atoms with Crippen LogP contribution in [0.25, 0.3) is 0 Å². The minimum absolute atomic E-state index is 0.00399. The van der Waals surface area contributed by atoms with Crippen molar-refractivity contribution in [3.63, 3.8) is 0 Å². The lowest BCUT2D eigenvalue weighted by atomic mass is 10.0. The zero-order valence-electron chi connectivity index (χ0n) is 61.4. The lowest BCUT2D eigenvalue weighted by Crippen LogP contribution is -2.45. The van der Waals surface area contributed by atoms with Crippen molar-refractivity contribution in [3.8, 4) is 0 Å². The van der Waals surface area contributed by atoms with Crippen molar-refractivity contribution in [3.05, 3.63) is 36.5 Å². The maximum absolute atomic E-state index is 13.1. The fourth-order valence-corrected chi connectivity index (χ4v) is 13.3. The van der Waals surface area contributed by atoms with Gasteiger partial charge in [0.25, 0.3) is 7.82 Å². The van der Waals surface area contributed by atoms with E-state index in [1.165, 1.54) is 366 Å². The average molecular weight is 1290 g/mol. The molecule has 9 heteroatoms. The number of allylic oxidation sites excluding steroid dienone is 5. The number of aliphatic hydroxyl groups excluding tert-OH is 1. The van der Waals surface area contributed by atoms with Gasteiger partial charge in [-0.05, 0) is 57.8 Å². The highest BCUT2D eigenvalue weighted by molar-refractivity contribution is 7.45. The molecule has 0 rings (SSSR count). The molecule has 534 valence electrons. The summed E-state index contributed by atoms with van der Waals surface area (Å²) in [7, 11) is 1.26. The number of rotatable bonds is 76. The first-order valence-electron chi connectivity index (χ1n) is 40.4. The van der Waals surface area contributed by atoms with Gasteiger partial charge in [-0.2, -0.15) is 0 Å². The van der Waals surface area contributed by atoms with Crippen LogP contribution in [0.1, 0.15) is 425 Å². The summed E-state index contributed by atoms with van der Waals surface area (Å²) in [5.74, 6) is -0.198. The minimum Gasteiger partial charge on any atom is -0.756 e. The first-order chi connectivity index (χ1) is 44.0. The van der Waals surface area contributed by atoms with E-state index in [4.69, 9.17) is 9.05 Å². The van der Waals surface area contributed by atoms with Crippen molar-refractivity contribution < 1.29 is 32.9 Å². The van der Waals surface area contributed by atoms with Gasteiger partial charge in [-0.15, -0.1) is 0 Å². The van der Waals surface area contributed by atoms with E-state index in [9.17, 15) is 19.4 Å². The maximum Gasteiger partial charge on any atom is 0.268 e. The van der Waals surface area contributed by atoms with Gasteiger partial charge in [-0.25, -0.2) is 0 Å². The molecule has 0 aliphatic heterocycles. The molecule has 0 bridgehead atoms. The highest BCUT2D eigenvalue weighted by atomic mass is 31.2. The van der Waals surface area contributed by atoms with E-state index in [2.05, 4.69) is 43.5 Å². The van der Waals surface area contributed by atoms with E-state index in [1.807, 2.05) is 27.2 Å². The van der Waals surface area contributed by atoms with Gasteiger partial charge in [-0.3, -0.25) is 9.36 Å². The van der Waals surface area contributed by atoms with Gasteiger partial charge < -0.3 is 28.8 Å². The number of hydrogen-bond acceptors (Lipinski definition) is 6. The molecule has 0 heterocycles. The first kappa shape index (κ1) is 88.7. The summed E-state index contributed by atoms with van der Waals surface area (Å²) < 4.78 is 23.5. The van der Waals surface area contributed by atoms with E-state index in [1.54, 1.807) is 6.08 Å². The molecule has 1 amide bonds. The Labute approximate surface area is 563 Å². The van der Waals surface area contributed by atoms with Crippen LogP contribution >= 0.6 is 7.82 Å². The number of aliphatic hydroxyl groups is 1. The van der Waals surface area contributed by atoms with Crippen LogP contribution in [0.4, 0.5) is 0 Å². The van der Waals surface area contributed by atoms with E-state index >= 15 is 0 Å². The first-order valence-corrected chi connectivity index (χ1v) is 41.8. The number of quaternary nitrogens is 1. The number of phosphoric ester groups is 1. The molecule has 0 radical (unpaired) electrons. The Morgan fingerprint density at radius 3 is 0.900 bits per heavy atom. The molecule has 0 fully saturated rings. The lowest BCUT2D eigenvalue weighted by molar-refractivity contribution is -0.870. The van der Waals surface area contributed by atoms with Gasteiger partial charge >= 0.3 is 0 Å². The van der Waals surface area contributed by atoms with Gasteiger partial charge in [-0.1, -0.05) is 397 Å². The topological polar surface area (TPSA) is 108 Å². The number of hydrogen-bond donors (Lipinski definition) is 2. The van der Waals surface area contributed by atoms with E-state index in [0.717, 1.165) is 38.5 Å². The molecule has 0 spiro atoms. The van der Waals surface area contributed by atoms with Gasteiger partial charge in [0.05, 0.1) is 39.9 Å². The molecule has 0 aliphatic rings. The van der Waals surface area contributed by atoms with E-state index in [-0.39, 0.29) is 19.1 Å². The largest absolute Gasteiger partial charge is 0.756 e. The van der Waals surface area contributed by atoms with E-state index in [0.29, 0.717) is 17.4 Å². The third-order valence-electron chi connectivity index (χ3n) is 18.8. The monoisotopic (exact) mass is 1290 g/mol. The average Bonchev–Trinajstić information content (AvgIpc) is 3.18. The maximum atomic E-state index is 13.1. The molecule has 0 saturated carbocycles. The predicted octanol–water partition coefficient (Wildman–Crippen LogP) is 25.7. The summed E-state index contributed by atoms with van der Waals surface area (Å²) in [6.45, 7) is 4.70. The van der Waals surface area contributed by atoms with Crippen LogP contribution < -0.4 is 10.2 Å². The quantitative estimate of drug-likeness (QED) is 0.0272. The number of nitrogens with one attached hydrogen (secondary N) is 1. The second-order valence-corrected chi connectivity index (χ2v) is 30.5. The van der Waals surface area contributed by atoms with Crippen LogP contribution in [-0.4, -0.2) is 68.5 Å². The van der Waals surface area contributed by atoms with Crippen molar-refractivity contribution in [2.75, 3.05) is 40.9 Å². The summed E-state index contributed by atoms with van der Waals surface area (Å²) in [4.78, 5) is 25.7. The van der Waals surface area contributed by atoms with Crippen LogP contribution in [-0.2, 0) is 18.4 Å². The second kappa shape index (κ2) is 72.0. The molecule has 0 aliphatic carbocycles. The van der Waals surface area contributed by atoms with Crippen molar-refractivity contribution in [2.24, 2.45) is 0 Å². The number of amides is 1. The van der Waals surface area contributed by atoms with Gasteiger partial charge in [0.1, 0.15) is 13.2 Å². The Hall–Kier alpha value is -1.28. The van der Waals surface area contributed by atoms with Gasteiger partial charge in [0.15, 0.2) is 0 Å². The Morgan fingerprint density at radius 2 is 0.622 bits per heavy atom. The van der Waals surface area contributed by atoms with Gasteiger partial charge in [0.2, 0.25) is 5.91 Å². The van der Waals surface area contributed by atoms with Crippen LogP contribution in [0.2, 0.25) is 0 Å². The second-order valence-electron chi connectivity index (χ2n) is 29.1. The molecular weight excluding hydrogens is 1130 g/mol. The molecule has 0 aromatic heterocycles. The highest BCUT2D eigenvalue weighted by Crippen LogP contribution is 2.38. The molecule has 0 aromatic rings. The third kappa shape index (κ3) is 74.1. The molecule has 0 aromatic carbocycles. The summed E-state index contributed by atoms with van der Waals surface area (Å²) in [6.07, 6.45) is 97.6. The summed E-state index contributed by atoms with van der Waals surface area (Å²) >= 11 is 0. The van der Waals surface area contributed by atoms with Crippen molar-refractivity contribution in [1.29, 1.82) is 0 Å². The SMILES string of the molecule is CCCCCCCCCC/C=C\CCCCCCCCCCCCCCCCCCCCCCCCCCCC(=O)NC(COP(=O)([O-])OCC[N+](C)(C)C)C(O)/C=C/CC/C=C/CCCCCCCCCCCCCCCCCCCCCCCCCCC. The van der Waals surface area contributed by atoms with Crippen molar-refractivity contribution >= 4 is 13.7 Å². The zero-order valence-corrected chi connectivity index (χ0v) is 62.3. The molecule has 3 atom stereocenters. The number of carbonyl (C=O) groups excluding carboxylic acids is 1. The molecule has 2 N–H and O–H groups in total. The third-order valence-corrected chi connectivity index (χ3v) is 19.8. The fraction of sp³-hybridized carbons (Fsp3) is 0.914. The Balaban J connectivity index is 3.96. The zero-order chi connectivity index (χ0) is 65.5. The molecule has 0 saturated heterocycles. The van der Waals surface area contributed by atoms with Crippen LogP contribution in [0.5, 0.6) is 0 Å². The van der Waals surface area contributed by atoms with Crippen molar-refractivity contribution in [2.45, 2.75) is 437 Å². The number of nitrogens with zero attached hydrogens (tertiary/aromatic N) is 1. The lowest BCUT2D eigenvalue weighted by Gasteiger charge is -2.29. The summed E-state index contributed by atoms with van der Waals surface area (Å²) in [5.41, 5.74) is 0. The number of unbranched alkanes of at least 4 members (excludes halogenated alkanes) is 59. The van der Waals surface area contributed by atoms with Crippen molar-refractivity contribution in [1.82, 2.24) is 5.32 Å². The highest BCUT2D eigenvalue weighted by Gasteiger charge is 2.23. The fourth-order valence-electron chi connectivity index (χ4n) is 12.6. The summed E-state index contributed by atoms with van der Waals surface area (Å²) in [6, 6.07) is -0.904. The molecule has 90 heavy (non-hydrogen) atoms. The number of carbonyl (C=O) groups is 1. The molecular formula is C81H159N2O6P. The number of phosphoric acid groups is 1. The minimum atomic E-state index is -4.61. The normalized spacial score (nSPS) is 13.6. The summed E-state index contributed by atoms with van der Waals surface area (Å²) in [5, 5.41) is 14.0. The van der Waals surface area contributed by atoms with Crippen LogP contribution in [0, 0.1) is 0 Å². The van der Waals surface area contributed by atoms with Gasteiger partial charge in [0, 0.05) is 6.42 Å². The Morgan fingerprint density at radius 1 is 0.378 bits per heavy atom. The standard InChI is InChI=1S/C81H159N2O6P/c1-6-8-10-12-14-16-18-20-22-24-26-28-30-32-34-36-38-39-40-41-42-43-45-47-49-51-53-55-57-59-61-63-65-67-69-71-73-75-81(85)82-79(78-89-90(86,87)88-77-76-83(3,4)5)80(84)74-72-70-68-66-64-62-60-58-56-54-52-50-48-46-44-37-35-33-31-29-27-25-23-21-19-17-15-13-11-9-7-2/h24,26,64,66,72,74,79-80,84H,6-23,25,27-63,65,67-71,73,75-78H2,1-5H3,(H-,82,85,86,87)/b26-24-,66-64+,74-72+. The molecule has 3 unspecified atom stereocenters. The Kier molecular flexibility index (Phi) is 71.0. The van der Waals surface area contributed by atoms with E-state index < -0.39 is 20.0 Å². The Bertz CT molecular complexity index is 1560. The van der Waals surface area contributed by atoms with Crippen LogP contribution in [0.3, 0.4) is 0 Å². The molecule has 8 nitrogen and oxygen atoms in total. The predicted molar refractivity (Wildman–Crippen MR) is 395 cm³/mol. The smallest absolute Gasteiger partial charge is 0.268 e.